The molecule has 1 unspecified atom stereocenters. The number of hydrogen-bond donors (Lipinski definition) is 1. The Bertz CT molecular complexity index is 1660. The van der Waals surface area contributed by atoms with Crippen molar-refractivity contribution in [1.29, 1.82) is 5.26 Å². The molecule has 1 aliphatic rings. The van der Waals surface area contributed by atoms with Gasteiger partial charge in [0.1, 0.15) is 24.5 Å². The van der Waals surface area contributed by atoms with Crippen molar-refractivity contribution in [2.24, 2.45) is 0 Å². The van der Waals surface area contributed by atoms with Gasteiger partial charge in [0.05, 0.1) is 46.5 Å². The van der Waals surface area contributed by atoms with Gasteiger partial charge in [0.15, 0.2) is 11.4 Å². The number of hydrogen-bond acceptors (Lipinski definition) is 8. The van der Waals surface area contributed by atoms with E-state index in [1.165, 1.54) is 18.3 Å². The fourth-order valence-electron chi connectivity index (χ4n) is 4.19. The molecule has 0 radical (unpaired) electrons. The predicted octanol–water partition coefficient (Wildman–Crippen LogP) is 6.71. The molecule has 1 N–H and O–H groups in total. The minimum atomic E-state index is -0.525. The molecular weight excluding hydrogens is 522 g/mol. The standard InChI is InChI=1S/C28H20ClN5O5/c1-31-23-5-3-2-4-17(23)15-38-26-7-6-19(10-22(26)29)33-28-18(13-30)14-32-24-12-27(39-20-8-9-37-16-20)25(34(35)36)11-21(24)28/h2-7,10-12,14,20H,8-9,15-16H2,(H,32,33). The van der Waals surface area contributed by atoms with E-state index in [1.807, 2.05) is 12.1 Å². The van der Waals surface area contributed by atoms with Crippen molar-refractivity contribution in [2.75, 3.05) is 18.5 Å². The summed E-state index contributed by atoms with van der Waals surface area (Å²) in [6.07, 6.45) is 1.75. The van der Waals surface area contributed by atoms with Gasteiger partial charge in [-0.05, 0) is 23.8 Å². The maximum absolute atomic E-state index is 11.9. The first-order chi connectivity index (χ1) is 19.0. The van der Waals surface area contributed by atoms with Gasteiger partial charge in [0.2, 0.25) is 0 Å². The lowest BCUT2D eigenvalue weighted by Gasteiger charge is -2.16. The summed E-state index contributed by atoms with van der Waals surface area (Å²) in [7, 11) is 0. The molecule has 0 bridgehead atoms. The Kier molecular flexibility index (Phi) is 7.41. The van der Waals surface area contributed by atoms with Gasteiger partial charge in [-0.3, -0.25) is 15.1 Å². The first kappa shape index (κ1) is 25.7. The maximum Gasteiger partial charge on any atom is 0.311 e. The van der Waals surface area contributed by atoms with Crippen LogP contribution in [0.15, 0.2) is 60.8 Å². The Hall–Kier alpha value is -4.90. The van der Waals surface area contributed by atoms with Crippen molar-refractivity contribution >= 4 is 45.3 Å². The second kappa shape index (κ2) is 11.2. The molecule has 0 saturated carbocycles. The summed E-state index contributed by atoms with van der Waals surface area (Å²) in [5, 5.41) is 25.5. The summed E-state index contributed by atoms with van der Waals surface area (Å²) in [6.45, 7) is 8.35. The number of fused-ring (bicyclic) bond motifs is 1. The molecule has 0 aliphatic carbocycles. The van der Waals surface area contributed by atoms with E-state index in [2.05, 4.69) is 21.2 Å². The average Bonchev–Trinajstić information content (AvgIpc) is 3.45. The molecule has 1 aliphatic heterocycles. The highest BCUT2D eigenvalue weighted by atomic mass is 35.5. The number of nitro groups is 1. The zero-order chi connectivity index (χ0) is 27.4. The highest BCUT2D eigenvalue weighted by Crippen LogP contribution is 2.39. The first-order valence-electron chi connectivity index (χ1n) is 11.9. The van der Waals surface area contributed by atoms with Crippen LogP contribution in [-0.4, -0.2) is 29.2 Å². The fourth-order valence-corrected chi connectivity index (χ4v) is 4.42. The normalized spacial score (nSPS) is 14.4. The van der Waals surface area contributed by atoms with Crippen LogP contribution in [0, 0.1) is 28.0 Å². The summed E-state index contributed by atoms with van der Waals surface area (Å²) >= 11 is 6.48. The second-order valence-electron chi connectivity index (χ2n) is 8.66. The lowest BCUT2D eigenvalue weighted by Crippen LogP contribution is -2.16. The zero-order valence-corrected chi connectivity index (χ0v) is 21.1. The molecule has 2 heterocycles. The van der Waals surface area contributed by atoms with Crippen molar-refractivity contribution in [3.63, 3.8) is 0 Å². The van der Waals surface area contributed by atoms with E-state index in [4.69, 9.17) is 32.4 Å². The maximum atomic E-state index is 11.9. The largest absolute Gasteiger partial charge is 0.489 e. The van der Waals surface area contributed by atoms with Crippen molar-refractivity contribution in [1.82, 2.24) is 4.98 Å². The fraction of sp³-hybridized carbons (Fsp3) is 0.179. The monoisotopic (exact) mass is 541 g/mol. The molecule has 1 fully saturated rings. The lowest BCUT2D eigenvalue weighted by atomic mass is 10.1. The Morgan fingerprint density at radius 1 is 1.26 bits per heavy atom. The first-order valence-corrected chi connectivity index (χ1v) is 12.2. The Balaban J connectivity index is 1.45. The van der Waals surface area contributed by atoms with Gasteiger partial charge in [0, 0.05) is 35.8 Å². The van der Waals surface area contributed by atoms with E-state index in [9.17, 15) is 15.4 Å². The van der Waals surface area contributed by atoms with Gasteiger partial charge in [-0.1, -0.05) is 35.9 Å². The van der Waals surface area contributed by atoms with Gasteiger partial charge in [-0.2, -0.15) is 5.26 Å². The highest BCUT2D eigenvalue weighted by molar-refractivity contribution is 6.32. The quantitative estimate of drug-likeness (QED) is 0.148. The SMILES string of the molecule is [C-]#[N+]c1ccccc1COc1ccc(Nc2c(C#N)cnc3cc(OC4CCOC4)c([N+](=O)[O-])cc23)cc1Cl. The number of nitrogens with zero attached hydrogens (tertiary/aromatic N) is 4. The molecule has 1 atom stereocenters. The number of pyridine rings is 1. The van der Waals surface area contributed by atoms with Gasteiger partial charge in [0.25, 0.3) is 0 Å². The van der Waals surface area contributed by atoms with E-state index < -0.39 is 4.92 Å². The molecule has 0 amide bonds. The van der Waals surface area contributed by atoms with Gasteiger partial charge in [-0.15, -0.1) is 0 Å². The Morgan fingerprint density at radius 3 is 2.82 bits per heavy atom. The molecule has 39 heavy (non-hydrogen) atoms. The summed E-state index contributed by atoms with van der Waals surface area (Å²) in [5.41, 5.74) is 2.48. The number of nitro benzene ring substituents is 1. The summed E-state index contributed by atoms with van der Waals surface area (Å²) < 4.78 is 17.0. The van der Waals surface area contributed by atoms with Gasteiger partial charge < -0.3 is 19.5 Å². The Labute approximate surface area is 228 Å². The molecule has 1 saturated heterocycles. The number of ether oxygens (including phenoxy) is 3. The van der Waals surface area contributed by atoms with Gasteiger partial charge >= 0.3 is 5.69 Å². The van der Waals surface area contributed by atoms with Crippen LogP contribution in [0.3, 0.4) is 0 Å². The van der Waals surface area contributed by atoms with Crippen LogP contribution in [0.25, 0.3) is 15.7 Å². The van der Waals surface area contributed by atoms with Crippen LogP contribution in [0.2, 0.25) is 5.02 Å². The van der Waals surface area contributed by atoms with Crippen LogP contribution in [-0.2, 0) is 11.3 Å². The molecule has 194 valence electrons. The molecule has 10 nitrogen and oxygen atoms in total. The van der Waals surface area contributed by atoms with Crippen molar-refractivity contribution in [3.8, 4) is 17.6 Å². The number of nitriles is 1. The average molecular weight is 542 g/mol. The molecular formula is C28H20ClN5O5. The van der Waals surface area contributed by atoms with E-state index in [1.54, 1.807) is 30.3 Å². The van der Waals surface area contributed by atoms with Crippen molar-refractivity contribution < 1.29 is 19.1 Å². The van der Waals surface area contributed by atoms with Crippen LogP contribution < -0.4 is 14.8 Å². The summed E-state index contributed by atoms with van der Waals surface area (Å²) in [5.74, 6) is 0.505. The van der Waals surface area contributed by atoms with Crippen molar-refractivity contribution in [3.05, 3.63) is 98.5 Å². The number of rotatable bonds is 8. The number of anilines is 2. The predicted molar refractivity (Wildman–Crippen MR) is 145 cm³/mol. The second-order valence-corrected chi connectivity index (χ2v) is 9.06. The van der Waals surface area contributed by atoms with Crippen LogP contribution in [0.5, 0.6) is 11.5 Å². The van der Waals surface area contributed by atoms with Crippen molar-refractivity contribution in [2.45, 2.75) is 19.1 Å². The Morgan fingerprint density at radius 2 is 2.10 bits per heavy atom. The third-order valence-corrected chi connectivity index (χ3v) is 6.44. The third kappa shape index (κ3) is 5.53. The third-order valence-electron chi connectivity index (χ3n) is 6.14. The molecule has 5 rings (SSSR count). The molecule has 4 aromatic rings. The number of benzene rings is 3. The number of aromatic nitrogens is 1. The highest BCUT2D eigenvalue weighted by Gasteiger charge is 2.25. The zero-order valence-electron chi connectivity index (χ0n) is 20.4. The van der Waals surface area contributed by atoms with Crippen LogP contribution in [0.1, 0.15) is 17.5 Å². The lowest BCUT2D eigenvalue weighted by molar-refractivity contribution is -0.385. The molecule has 0 spiro atoms. The molecule has 11 heteroatoms. The minimum Gasteiger partial charge on any atom is -0.489 e. The van der Waals surface area contributed by atoms with Crippen LogP contribution in [0.4, 0.5) is 22.7 Å². The number of nitrogens with one attached hydrogen (secondary N) is 1. The number of para-hydroxylation sites is 1. The van der Waals surface area contributed by atoms with E-state index in [-0.39, 0.29) is 29.7 Å². The topological polar surface area (TPSA) is 124 Å². The van der Waals surface area contributed by atoms with E-state index in [0.29, 0.717) is 58.4 Å². The minimum absolute atomic E-state index is 0.0931. The van der Waals surface area contributed by atoms with Gasteiger partial charge in [-0.25, -0.2) is 4.85 Å². The molecule has 3 aromatic carbocycles. The summed E-state index contributed by atoms with van der Waals surface area (Å²) in [6, 6.07) is 17.1. The smallest absolute Gasteiger partial charge is 0.311 e. The van der Waals surface area contributed by atoms with Crippen LogP contribution >= 0.6 is 11.6 Å². The van der Waals surface area contributed by atoms with E-state index >= 15 is 0 Å². The number of halogens is 1. The summed E-state index contributed by atoms with van der Waals surface area (Å²) in [4.78, 5) is 19.2. The van der Waals surface area contributed by atoms with E-state index in [0.717, 1.165) is 5.56 Å². The molecule has 1 aromatic heterocycles.